The molecule has 0 N–H and O–H groups in total. The van der Waals surface area contributed by atoms with Gasteiger partial charge in [0.05, 0.1) is 6.42 Å². The average Bonchev–Trinajstić information content (AvgIpc) is 3.45. The highest BCUT2D eigenvalue weighted by Crippen LogP contribution is 2.17. The number of carbonyl (C=O) groups excluding carboxylic acids is 3. The van der Waals surface area contributed by atoms with Gasteiger partial charge in [-0.15, -0.1) is 0 Å². The summed E-state index contributed by atoms with van der Waals surface area (Å²) in [6.45, 7) is 6.48. The number of hydrogen-bond donors (Lipinski definition) is 0. The third-order valence-electron chi connectivity index (χ3n) is 14.9. The Balaban J connectivity index is 4.36. The van der Waals surface area contributed by atoms with Crippen molar-refractivity contribution in [2.45, 2.75) is 348 Å². The second-order valence-electron chi connectivity index (χ2n) is 22.7. The molecule has 456 valence electrons. The molecular weight excluding hydrogens is 973 g/mol. The molecule has 0 saturated heterocycles. The van der Waals surface area contributed by atoms with Crippen LogP contribution in [0.2, 0.25) is 0 Å². The lowest BCUT2D eigenvalue weighted by molar-refractivity contribution is -0.166. The molecule has 0 fully saturated rings. The standard InChI is InChI=1S/C73H128O6/c1-4-7-10-13-16-19-22-25-28-30-32-34-35-36-37-39-40-42-45-48-51-54-57-60-63-66-72(75)78-69-70(68-77-71(74)65-62-59-56-53-50-47-44-27-24-21-18-15-12-9-6-3)79-73(76)67-64-61-58-55-52-49-46-43-41-38-33-31-29-26-23-20-17-14-11-8-5-2/h9,12,18,21,27,30-33,44,50,53,59,62,70H,4-8,10-11,13-17,19-20,22-26,28-29,34-43,45-49,51-52,54-58,60-61,63-69H2,1-3H3/b12-9-,21-18-,32-30-,33-31-,44-27-,53-50-,62-59-. The molecule has 1 atom stereocenters. The van der Waals surface area contributed by atoms with Gasteiger partial charge in [-0.3, -0.25) is 14.4 Å². The molecule has 79 heavy (non-hydrogen) atoms. The zero-order valence-corrected chi connectivity index (χ0v) is 52.4. The van der Waals surface area contributed by atoms with Crippen molar-refractivity contribution in [3.63, 3.8) is 0 Å². The van der Waals surface area contributed by atoms with Crippen molar-refractivity contribution in [1.29, 1.82) is 0 Å². The fourth-order valence-electron chi connectivity index (χ4n) is 9.80. The maximum Gasteiger partial charge on any atom is 0.309 e. The third-order valence-corrected chi connectivity index (χ3v) is 14.9. The van der Waals surface area contributed by atoms with Crippen LogP contribution in [0.5, 0.6) is 0 Å². The maximum absolute atomic E-state index is 12.9. The number of ether oxygens (including phenoxy) is 3. The molecule has 0 rings (SSSR count). The van der Waals surface area contributed by atoms with Gasteiger partial charge >= 0.3 is 17.9 Å². The van der Waals surface area contributed by atoms with Gasteiger partial charge in [0.25, 0.3) is 0 Å². The summed E-state index contributed by atoms with van der Waals surface area (Å²) in [6.07, 6.45) is 89.2. The van der Waals surface area contributed by atoms with Crippen LogP contribution in [0.4, 0.5) is 0 Å². The fourth-order valence-corrected chi connectivity index (χ4v) is 9.80. The monoisotopic (exact) mass is 1100 g/mol. The summed E-state index contributed by atoms with van der Waals surface area (Å²) in [7, 11) is 0. The van der Waals surface area contributed by atoms with Gasteiger partial charge in [0.1, 0.15) is 13.2 Å². The molecule has 0 saturated carbocycles. The molecule has 0 aliphatic heterocycles. The molecule has 1 unspecified atom stereocenters. The quantitative estimate of drug-likeness (QED) is 0.0261. The number of rotatable bonds is 62. The van der Waals surface area contributed by atoms with Crippen LogP contribution >= 0.6 is 0 Å². The van der Waals surface area contributed by atoms with Gasteiger partial charge in [0.15, 0.2) is 6.10 Å². The van der Waals surface area contributed by atoms with Crippen LogP contribution < -0.4 is 0 Å². The minimum absolute atomic E-state index is 0.105. The summed E-state index contributed by atoms with van der Waals surface area (Å²) in [6, 6.07) is 0. The average molecular weight is 1100 g/mol. The molecule has 6 heteroatoms. The molecule has 0 aliphatic carbocycles. The molecule has 0 aromatic carbocycles. The van der Waals surface area contributed by atoms with Gasteiger partial charge in [-0.1, -0.05) is 311 Å². The molecule has 0 aromatic rings. The van der Waals surface area contributed by atoms with E-state index in [1.807, 2.05) is 6.08 Å². The first-order valence-corrected chi connectivity index (χ1v) is 34.1. The summed E-state index contributed by atoms with van der Waals surface area (Å²) >= 11 is 0. The van der Waals surface area contributed by atoms with Crippen molar-refractivity contribution in [2.75, 3.05) is 13.2 Å². The highest BCUT2D eigenvalue weighted by atomic mass is 16.6. The van der Waals surface area contributed by atoms with Crippen molar-refractivity contribution >= 4 is 17.9 Å². The van der Waals surface area contributed by atoms with E-state index in [0.29, 0.717) is 12.8 Å². The van der Waals surface area contributed by atoms with Crippen LogP contribution in [-0.4, -0.2) is 37.2 Å². The van der Waals surface area contributed by atoms with Crippen molar-refractivity contribution < 1.29 is 28.6 Å². The first-order valence-electron chi connectivity index (χ1n) is 34.1. The van der Waals surface area contributed by atoms with Crippen molar-refractivity contribution in [3.05, 3.63) is 85.1 Å². The maximum atomic E-state index is 12.9. The van der Waals surface area contributed by atoms with Crippen molar-refractivity contribution in [2.24, 2.45) is 0 Å². The summed E-state index contributed by atoms with van der Waals surface area (Å²) in [5, 5.41) is 0. The first-order chi connectivity index (χ1) is 39.0. The second kappa shape index (κ2) is 67.1. The number of allylic oxidation sites excluding steroid dienone is 13. The minimum Gasteiger partial charge on any atom is -0.462 e. The first kappa shape index (κ1) is 75.6. The normalized spacial score (nSPS) is 12.6. The molecule has 0 radical (unpaired) electrons. The number of hydrogen-bond acceptors (Lipinski definition) is 6. The highest BCUT2D eigenvalue weighted by Gasteiger charge is 2.19. The third kappa shape index (κ3) is 65.3. The Labute approximate surface area is 490 Å². The van der Waals surface area contributed by atoms with Gasteiger partial charge in [0, 0.05) is 12.8 Å². The summed E-state index contributed by atoms with van der Waals surface area (Å²) < 4.78 is 16.9. The Hall–Kier alpha value is -3.41. The predicted molar refractivity (Wildman–Crippen MR) is 344 cm³/mol. The van der Waals surface area contributed by atoms with E-state index < -0.39 is 12.1 Å². The van der Waals surface area contributed by atoms with Crippen molar-refractivity contribution in [3.8, 4) is 0 Å². The Morgan fingerprint density at radius 1 is 0.278 bits per heavy atom. The molecule has 0 aromatic heterocycles. The van der Waals surface area contributed by atoms with E-state index in [1.54, 1.807) is 6.08 Å². The van der Waals surface area contributed by atoms with Gasteiger partial charge in [-0.25, -0.2) is 0 Å². The van der Waals surface area contributed by atoms with Crippen molar-refractivity contribution in [1.82, 2.24) is 0 Å². The van der Waals surface area contributed by atoms with Crippen LogP contribution in [0, 0.1) is 0 Å². The zero-order chi connectivity index (χ0) is 57.1. The lowest BCUT2D eigenvalue weighted by atomic mass is 10.0. The van der Waals surface area contributed by atoms with Gasteiger partial charge in [0.2, 0.25) is 0 Å². The summed E-state index contributed by atoms with van der Waals surface area (Å²) in [5.74, 6) is -1.03. The van der Waals surface area contributed by atoms with Gasteiger partial charge < -0.3 is 14.2 Å². The summed E-state index contributed by atoms with van der Waals surface area (Å²) in [4.78, 5) is 38.3. The zero-order valence-electron chi connectivity index (χ0n) is 52.4. The van der Waals surface area contributed by atoms with E-state index in [-0.39, 0.29) is 31.6 Å². The summed E-state index contributed by atoms with van der Waals surface area (Å²) in [5.41, 5.74) is 0. The van der Waals surface area contributed by atoms with Gasteiger partial charge in [-0.05, 0) is 96.3 Å². The van der Waals surface area contributed by atoms with E-state index in [0.717, 1.165) is 70.6 Å². The Morgan fingerprint density at radius 2 is 0.544 bits per heavy atom. The molecule has 0 bridgehead atoms. The van der Waals surface area contributed by atoms with Crippen LogP contribution in [0.3, 0.4) is 0 Å². The van der Waals surface area contributed by atoms with E-state index >= 15 is 0 Å². The molecule has 0 spiro atoms. The smallest absolute Gasteiger partial charge is 0.309 e. The largest absolute Gasteiger partial charge is 0.462 e. The van der Waals surface area contributed by atoms with Crippen LogP contribution in [0.25, 0.3) is 0 Å². The van der Waals surface area contributed by atoms with Gasteiger partial charge in [-0.2, -0.15) is 0 Å². The molecule has 0 amide bonds. The second-order valence-corrected chi connectivity index (χ2v) is 22.7. The lowest BCUT2D eigenvalue weighted by Crippen LogP contribution is -2.30. The predicted octanol–water partition coefficient (Wildman–Crippen LogP) is 23.4. The molecule has 6 nitrogen and oxygen atoms in total. The number of esters is 3. The molecule has 0 aliphatic rings. The van der Waals surface area contributed by atoms with E-state index in [9.17, 15) is 14.4 Å². The number of unbranched alkanes of at least 4 members (excludes halogenated alkanes) is 38. The van der Waals surface area contributed by atoms with Crippen LogP contribution in [-0.2, 0) is 28.6 Å². The van der Waals surface area contributed by atoms with E-state index in [2.05, 4.69) is 93.7 Å². The minimum atomic E-state index is -0.819. The molecular formula is C73H128O6. The van der Waals surface area contributed by atoms with E-state index in [1.165, 1.54) is 231 Å². The van der Waals surface area contributed by atoms with Crippen LogP contribution in [0.15, 0.2) is 85.1 Å². The number of carbonyl (C=O) groups is 3. The highest BCUT2D eigenvalue weighted by molar-refractivity contribution is 5.72. The molecule has 0 heterocycles. The topological polar surface area (TPSA) is 78.9 Å². The van der Waals surface area contributed by atoms with E-state index in [4.69, 9.17) is 14.2 Å². The lowest BCUT2D eigenvalue weighted by Gasteiger charge is -2.18. The fraction of sp³-hybridized carbons (Fsp3) is 0.767. The Bertz CT molecular complexity index is 1500. The SMILES string of the molecule is CC/C=C\C/C=C\C/C=C\C/C=C\C/C=C\CC(=O)OCC(COC(=O)CCCCCCCCCCCCCCC/C=C\CCCCCCCCCC)OC(=O)CCCCCCCCCCC/C=C\CCCCCCCCCC. The Kier molecular flexibility index (Phi) is 64.2. The Morgan fingerprint density at radius 3 is 0.873 bits per heavy atom. The van der Waals surface area contributed by atoms with Crippen LogP contribution in [0.1, 0.15) is 342 Å².